The molecule has 16 heavy (non-hydrogen) atoms. The molecular formula is C10H15Cl2N3O. The fraction of sp³-hybridized carbons (Fsp3) is 0.700. The van der Waals surface area contributed by atoms with Crippen molar-refractivity contribution in [3.63, 3.8) is 0 Å². The molecule has 1 N–H and O–H groups in total. The quantitative estimate of drug-likeness (QED) is 0.900. The van der Waals surface area contributed by atoms with Gasteiger partial charge in [-0.25, -0.2) is 4.98 Å². The van der Waals surface area contributed by atoms with Crippen molar-refractivity contribution in [3.05, 3.63) is 16.1 Å². The molecule has 2 rings (SSSR count). The van der Waals surface area contributed by atoms with Crippen LogP contribution in [0.4, 0.5) is 0 Å². The summed E-state index contributed by atoms with van der Waals surface area (Å²) in [7, 11) is 1.86. The third-order valence-corrected chi connectivity index (χ3v) is 3.75. The van der Waals surface area contributed by atoms with Crippen molar-refractivity contribution in [2.75, 3.05) is 19.7 Å². The predicted molar refractivity (Wildman–Crippen MR) is 63.7 cm³/mol. The maximum absolute atomic E-state index is 9.07. The van der Waals surface area contributed by atoms with Gasteiger partial charge in [-0.1, -0.05) is 11.6 Å². The first-order valence-electron chi connectivity index (χ1n) is 5.31. The molecule has 1 aliphatic heterocycles. The molecular weight excluding hydrogens is 249 g/mol. The van der Waals surface area contributed by atoms with Crippen LogP contribution in [0.5, 0.6) is 0 Å². The molecule has 0 aromatic carbocycles. The molecule has 1 fully saturated rings. The highest BCUT2D eigenvalue weighted by atomic mass is 35.5. The zero-order valence-electron chi connectivity index (χ0n) is 9.16. The topological polar surface area (TPSA) is 41.3 Å². The summed E-state index contributed by atoms with van der Waals surface area (Å²) < 4.78 is 1.80. The monoisotopic (exact) mass is 263 g/mol. The number of rotatable bonds is 3. The van der Waals surface area contributed by atoms with Crippen LogP contribution < -0.4 is 0 Å². The van der Waals surface area contributed by atoms with E-state index in [0.29, 0.717) is 16.4 Å². The van der Waals surface area contributed by atoms with Crippen LogP contribution in [-0.4, -0.2) is 39.3 Å². The molecule has 0 amide bonds. The third kappa shape index (κ3) is 2.35. The van der Waals surface area contributed by atoms with Gasteiger partial charge in [0.15, 0.2) is 5.15 Å². The van der Waals surface area contributed by atoms with Gasteiger partial charge in [-0.2, -0.15) is 0 Å². The summed E-state index contributed by atoms with van der Waals surface area (Å²) in [5.41, 5.74) is 0.935. The van der Waals surface area contributed by atoms with E-state index in [-0.39, 0.29) is 6.61 Å². The summed E-state index contributed by atoms with van der Waals surface area (Å²) in [4.78, 5) is 6.27. The molecule has 90 valence electrons. The van der Waals surface area contributed by atoms with E-state index in [1.54, 1.807) is 4.57 Å². The van der Waals surface area contributed by atoms with Crippen LogP contribution in [0, 0.1) is 5.92 Å². The highest BCUT2D eigenvalue weighted by Gasteiger charge is 2.24. The first kappa shape index (κ1) is 12.2. The van der Waals surface area contributed by atoms with Gasteiger partial charge in [0.25, 0.3) is 0 Å². The van der Waals surface area contributed by atoms with Gasteiger partial charge in [-0.15, -0.1) is 0 Å². The second-order valence-corrected chi connectivity index (χ2v) is 4.95. The van der Waals surface area contributed by atoms with Crippen molar-refractivity contribution in [1.82, 2.24) is 14.5 Å². The molecule has 0 radical (unpaired) electrons. The Morgan fingerprint density at radius 1 is 1.50 bits per heavy atom. The number of halogens is 2. The first-order chi connectivity index (χ1) is 7.61. The van der Waals surface area contributed by atoms with Crippen LogP contribution in [-0.2, 0) is 13.6 Å². The van der Waals surface area contributed by atoms with E-state index < -0.39 is 0 Å². The number of hydrogen-bond donors (Lipinski definition) is 1. The highest BCUT2D eigenvalue weighted by molar-refractivity contribution is 6.32. The van der Waals surface area contributed by atoms with Crippen molar-refractivity contribution in [2.24, 2.45) is 13.0 Å². The Morgan fingerprint density at radius 2 is 2.25 bits per heavy atom. The van der Waals surface area contributed by atoms with Crippen LogP contribution in [0.1, 0.15) is 12.1 Å². The largest absolute Gasteiger partial charge is 0.396 e. The lowest BCUT2D eigenvalue weighted by atomic mass is 10.1. The molecule has 0 aliphatic carbocycles. The van der Waals surface area contributed by atoms with E-state index in [0.717, 1.165) is 31.7 Å². The zero-order valence-corrected chi connectivity index (χ0v) is 10.7. The van der Waals surface area contributed by atoms with Gasteiger partial charge >= 0.3 is 0 Å². The summed E-state index contributed by atoms with van der Waals surface area (Å²) in [5, 5.41) is 9.96. The molecule has 0 saturated carbocycles. The standard InChI is InChI=1S/C10H15Cl2N3O/c1-14-8(9(11)13-10(14)12)5-15-3-2-7(4-15)6-16/h7,16H,2-6H2,1H3. The lowest BCUT2D eigenvalue weighted by Gasteiger charge is -2.15. The van der Waals surface area contributed by atoms with Crippen LogP contribution in [0.25, 0.3) is 0 Å². The van der Waals surface area contributed by atoms with Gasteiger partial charge in [-0.05, 0) is 30.5 Å². The molecule has 6 heteroatoms. The van der Waals surface area contributed by atoms with Gasteiger partial charge in [0.2, 0.25) is 5.28 Å². The predicted octanol–water partition coefficient (Wildman–Crippen LogP) is 1.54. The average molecular weight is 264 g/mol. The molecule has 1 aromatic rings. The van der Waals surface area contributed by atoms with Gasteiger partial charge in [0, 0.05) is 26.7 Å². The zero-order chi connectivity index (χ0) is 11.7. The number of hydrogen-bond acceptors (Lipinski definition) is 3. The molecule has 0 spiro atoms. The minimum absolute atomic E-state index is 0.260. The molecule has 1 aliphatic rings. The molecule has 2 heterocycles. The summed E-state index contributed by atoms with van der Waals surface area (Å²) >= 11 is 11.9. The summed E-state index contributed by atoms with van der Waals surface area (Å²) in [6.07, 6.45) is 1.04. The summed E-state index contributed by atoms with van der Waals surface area (Å²) in [5.74, 6) is 0.391. The SMILES string of the molecule is Cn1c(Cl)nc(Cl)c1CN1CCC(CO)C1. The van der Waals surface area contributed by atoms with Gasteiger partial charge < -0.3 is 9.67 Å². The molecule has 0 bridgehead atoms. The van der Waals surface area contributed by atoms with Crippen molar-refractivity contribution >= 4 is 23.2 Å². The van der Waals surface area contributed by atoms with E-state index >= 15 is 0 Å². The van der Waals surface area contributed by atoms with Gasteiger partial charge in [0.1, 0.15) is 0 Å². The maximum Gasteiger partial charge on any atom is 0.204 e. The number of imidazole rings is 1. The molecule has 1 atom stereocenters. The fourth-order valence-corrected chi connectivity index (χ4v) is 2.56. The number of aromatic nitrogens is 2. The number of aliphatic hydroxyl groups is 1. The number of likely N-dealkylation sites (tertiary alicyclic amines) is 1. The highest BCUT2D eigenvalue weighted by Crippen LogP contribution is 2.24. The van der Waals surface area contributed by atoms with E-state index in [1.807, 2.05) is 7.05 Å². The Labute approximate surface area is 105 Å². The van der Waals surface area contributed by atoms with Crippen molar-refractivity contribution < 1.29 is 5.11 Å². The molecule has 1 aromatic heterocycles. The average Bonchev–Trinajstić information content (AvgIpc) is 2.80. The van der Waals surface area contributed by atoms with Crippen LogP contribution in [0.15, 0.2) is 0 Å². The third-order valence-electron chi connectivity index (χ3n) is 3.11. The van der Waals surface area contributed by atoms with E-state index in [2.05, 4.69) is 9.88 Å². The Balaban J connectivity index is 2.04. The smallest absolute Gasteiger partial charge is 0.204 e. The van der Waals surface area contributed by atoms with E-state index in [4.69, 9.17) is 28.3 Å². The first-order valence-corrected chi connectivity index (χ1v) is 6.07. The van der Waals surface area contributed by atoms with Gasteiger partial charge in [0.05, 0.1) is 5.69 Å². The number of aliphatic hydroxyl groups excluding tert-OH is 1. The van der Waals surface area contributed by atoms with Crippen LogP contribution in [0.2, 0.25) is 10.4 Å². The van der Waals surface area contributed by atoms with E-state index in [1.165, 1.54) is 0 Å². The minimum atomic E-state index is 0.260. The summed E-state index contributed by atoms with van der Waals surface area (Å²) in [6, 6.07) is 0. The molecule has 1 saturated heterocycles. The van der Waals surface area contributed by atoms with Crippen LogP contribution >= 0.6 is 23.2 Å². The van der Waals surface area contributed by atoms with E-state index in [9.17, 15) is 0 Å². The molecule has 1 unspecified atom stereocenters. The summed E-state index contributed by atoms with van der Waals surface area (Å²) in [6.45, 7) is 2.90. The maximum atomic E-state index is 9.07. The van der Waals surface area contributed by atoms with Crippen molar-refractivity contribution in [1.29, 1.82) is 0 Å². The van der Waals surface area contributed by atoms with Gasteiger partial charge in [-0.3, -0.25) is 4.90 Å². The number of nitrogens with zero attached hydrogens (tertiary/aromatic N) is 3. The minimum Gasteiger partial charge on any atom is -0.396 e. The Morgan fingerprint density at radius 3 is 2.75 bits per heavy atom. The lowest BCUT2D eigenvalue weighted by molar-refractivity contribution is 0.219. The van der Waals surface area contributed by atoms with Crippen molar-refractivity contribution in [3.8, 4) is 0 Å². The van der Waals surface area contributed by atoms with Crippen LogP contribution in [0.3, 0.4) is 0 Å². The lowest BCUT2D eigenvalue weighted by Crippen LogP contribution is -2.22. The second-order valence-electron chi connectivity index (χ2n) is 4.25. The Hall–Kier alpha value is -0.290. The fourth-order valence-electron chi connectivity index (χ4n) is 2.06. The van der Waals surface area contributed by atoms with Crippen molar-refractivity contribution in [2.45, 2.75) is 13.0 Å². The molecule has 4 nitrogen and oxygen atoms in total. The Bertz CT molecular complexity index is 380. The second kappa shape index (κ2) is 4.92. The normalized spacial score (nSPS) is 21.9. The Kier molecular flexibility index (Phi) is 3.74.